The molecule has 0 unspecified atom stereocenters. The molecule has 4 rings (SSSR count). The van der Waals surface area contributed by atoms with Crippen LogP contribution in [0.15, 0.2) is 40.6 Å². The Bertz CT molecular complexity index is 1140. The van der Waals surface area contributed by atoms with Crippen molar-refractivity contribution in [1.29, 1.82) is 0 Å². The van der Waals surface area contributed by atoms with E-state index in [0.717, 1.165) is 36.5 Å². The molecule has 1 aliphatic heterocycles. The van der Waals surface area contributed by atoms with E-state index in [0.29, 0.717) is 17.0 Å². The maximum Gasteiger partial charge on any atom is 0.252 e. The highest BCUT2D eigenvalue weighted by molar-refractivity contribution is 7.89. The Kier molecular flexibility index (Phi) is 5.48. The molecular formula is C19H21N5O3S2. The van der Waals surface area contributed by atoms with Crippen molar-refractivity contribution in [2.24, 2.45) is 0 Å². The Hall–Kier alpha value is -2.56. The molecule has 2 N–H and O–H groups in total. The van der Waals surface area contributed by atoms with Gasteiger partial charge in [0.1, 0.15) is 5.82 Å². The van der Waals surface area contributed by atoms with Gasteiger partial charge in [0.25, 0.3) is 5.91 Å². The Balaban J connectivity index is 1.64. The minimum atomic E-state index is -3.66. The van der Waals surface area contributed by atoms with Crippen LogP contribution in [0.25, 0.3) is 10.4 Å². The molecule has 8 nitrogen and oxygen atoms in total. The van der Waals surface area contributed by atoms with Gasteiger partial charge in [-0.25, -0.2) is 13.1 Å². The van der Waals surface area contributed by atoms with Crippen LogP contribution in [0.3, 0.4) is 0 Å². The summed E-state index contributed by atoms with van der Waals surface area (Å²) in [6.45, 7) is 1.09. The third kappa shape index (κ3) is 3.96. The minimum Gasteiger partial charge on any atom is -0.345 e. The van der Waals surface area contributed by atoms with E-state index in [1.165, 1.54) is 30.5 Å². The van der Waals surface area contributed by atoms with Crippen LogP contribution >= 0.6 is 11.3 Å². The lowest BCUT2D eigenvalue weighted by molar-refractivity contribution is 0.0950. The van der Waals surface area contributed by atoms with Gasteiger partial charge in [0, 0.05) is 29.0 Å². The van der Waals surface area contributed by atoms with Crippen LogP contribution in [0.1, 0.15) is 34.8 Å². The molecule has 0 atom stereocenters. The van der Waals surface area contributed by atoms with E-state index in [1.54, 1.807) is 6.07 Å². The molecule has 0 aliphatic carbocycles. The lowest BCUT2D eigenvalue weighted by Gasteiger charge is -2.15. The van der Waals surface area contributed by atoms with Crippen molar-refractivity contribution in [3.05, 3.63) is 52.9 Å². The molecule has 10 heteroatoms. The van der Waals surface area contributed by atoms with Gasteiger partial charge in [-0.3, -0.25) is 4.79 Å². The number of carbonyl (C=O) groups excluding carboxylic acids is 1. The van der Waals surface area contributed by atoms with Crippen molar-refractivity contribution in [2.75, 3.05) is 7.05 Å². The van der Waals surface area contributed by atoms with Crippen molar-refractivity contribution in [3.8, 4) is 10.4 Å². The molecular weight excluding hydrogens is 410 g/mol. The molecule has 1 amide bonds. The van der Waals surface area contributed by atoms with Gasteiger partial charge in [-0.05, 0) is 43.5 Å². The van der Waals surface area contributed by atoms with Crippen LogP contribution in [0.5, 0.6) is 0 Å². The van der Waals surface area contributed by atoms with Crippen LogP contribution in [-0.4, -0.2) is 36.1 Å². The van der Waals surface area contributed by atoms with Crippen LogP contribution < -0.4 is 10.0 Å². The van der Waals surface area contributed by atoms with Gasteiger partial charge >= 0.3 is 0 Å². The minimum absolute atomic E-state index is 0.0466. The summed E-state index contributed by atoms with van der Waals surface area (Å²) in [5, 5.41) is 13.2. The number of aryl methyl sites for hydroxylation is 1. The number of hydrogen-bond donors (Lipinski definition) is 2. The van der Waals surface area contributed by atoms with Gasteiger partial charge in [0.15, 0.2) is 5.82 Å². The van der Waals surface area contributed by atoms with Gasteiger partial charge in [-0.15, -0.1) is 21.5 Å². The summed E-state index contributed by atoms with van der Waals surface area (Å²) in [6.07, 6.45) is 3.06. The van der Waals surface area contributed by atoms with E-state index >= 15 is 0 Å². The molecule has 152 valence electrons. The fraction of sp³-hybridized carbons (Fsp3) is 0.316. The highest BCUT2D eigenvalue weighted by Gasteiger charge is 2.21. The van der Waals surface area contributed by atoms with Crippen LogP contribution in [0.4, 0.5) is 0 Å². The molecule has 2 aromatic heterocycles. The highest BCUT2D eigenvalue weighted by Crippen LogP contribution is 2.30. The largest absolute Gasteiger partial charge is 0.345 e. The van der Waals surface area contributed by atoms with E-state index in [2.05, 4.69) is 20.2 Å². The summed E-state index contributed by atoms with van der Waals surface area (Å²) in [7, 11) is -2.32. The van der Waals surface area contributed by atoms with Crippen molar-refractivity contribution < 1.29 is 13.2 Å². The van der Waals surface area contributed by atoms with E-state index in [9.17, 15) is 13.2 Å². The maximum atomic E-state index is 13.0. The Morgan fingerprint density at radius 1 is 1.24 bits per heavy atom. The Labute approximate surface area is 173 Å². The van der Waals surface area contributed by atoms with Crippen molar-refractivity contribution in [3.63, 3.8) is 0 Å². The summed E-state index contributed by atoms with van der Waals surface area (Å²) in [5.74, 6) is 1.31. The van der Waals surface area contributed by atoms with Crippen LogP contribution in [0.2, 0.25) is 0 Å². The third-order valence-corrected chi connectivity index (χ3v) is 7.26. The molecule has 3 aromatic rings. The first-order chi connectivity index (χ1) is 14.0. The molecule has 0 fully saturated rings. The number of rotatable bonds is 6. The number of benzene rings is 1. The molecule has 0 saturated carbocycles. The van der Waals surface area contributed by atoms with Crippen LogP contribution in [-0.2, 0) is 29.5 Å². The predicted octanol–water partition coefficient (Wildman–Crippen LogP) is 2.18. The number of sulfonamides is 1. The number of amides is 1. The van der Waals surface area contributed by atoms with E-state index < -0.39 is 10.0 Å². The summed E-state index contributed by atoms with van der Waals surface area (Å²) in [5.41, 5.74) is 0.998. The van der Waals surface area contributed by atoms with Crippen LogP contribution in [0, 0.1) is 0 Å². The fourth-order valence-corrected chi connectivity index (χ4v) is 4.92. The summed E-state index contributed by atoms with van der Waals surface area (Å²) < 4.78 is 28.8. The average Bonchev–Trinajstić information content (AvgIpc) is 3.42. The fourth-order valence-electron chi connectivity index (χ4n) is 3.40. The molecule has 29 heavy (non-hydrogen) atoms. The SMILES string of the molecule is CNS(=O)(=O)c1ccc(-c2cccs2)c(C(=O)NCc2nnc3n2CCCC3)c1. The molecule has 0 spiro atoms. The Morgan fingerprint density at radius 2 is 2.10 bits per heavy atom. The highest BCUT2D eigenvalue weighted by atomic mass is 32.2. The van der Waals surface area contributed by atoms with E-state index in [-0.39, 0.29) is 17.3 Å². The van der Waals surface area contributed by atoms with Gasteiger partial charge in [-0.1, -0.05) is 12.1 Å². The molecule has 1 aliphatic rings. The van der Waals surface area contributed by atoms with Gasteiger partial charge in [-0.2, -0.15) is 0 Å². The first kappa shape index (κ1) is 19.7. The third-order valence-electron chi connectivity index (χ3n) is 4.94. The zero-order chi connectivity index (χ0) is 20.4. The molecule has 0 bridgehead atoms. The molecule has 3 heterocycles. The number of thiophene rings is 1. The monoisotopic (exact) mass is 431 g/mol. The van der Waals surface area contributed by atoms with E-state index in [4.69, 9.17) is 0 Å². The first-order valence-corrected chi connectivity index (χ1v) is 11.7. The molecule has 0 saturated heterocycles. The predicted molar refractivity (Wildman–Crippen MR) is 110 cm³/mol. The average molecular weight is 432 g/mol. The summed E-state index contributed by atoms with van der Waals surface area (Å²) >= 11 is 1.49. The smallest absolute Gasteiger partial charge is 0.252 e. The Morgan fingerprint density at radius 3 is 2.86 bits per heavy atom. The normalized spacial score (nSPS) is 13.8. The van der Waals surface area contributed by atoms with E-state index in [1.807, 2.05) is 22.1 Å². The van der Waals surface area contributed by atoms with Crippen molar-refractivity contribution in [1.82, 2.24) is 24.8 Å². The number of nitrogens with one attached hydrogen (secondary N) is 2. The molecule has 0 radical (unpaired) electrons. The number of hydrogen-bond acceptors (Lipinski definition) is 6. The summed E-state index contributed by atoms with van der Waals surface area (Å²) in [4.78, 5) is 14.0. The van der Waals surface area contributed by atoms with Gasteiger partial charge in [0.2, 0.25) is 10.0 Å². The lowest BCUT2D eigenvalue weighted by Crippen LogP contribution is -2.27. The van der Waals surface area contributed by atoms with Gasteiger partial charge < -0.3 is 9.88 Å². The number of fused-ring (bicyclic) bond motifs is 1. The standard InChI is InChI=1S/C19H21N5O3S2/c1-20-29(26,27)13-7-8-14(16-5-4-10-28-16)15(11-13)19(25)21-12-18-23-22-17-6-2-3-9-24(17)18/h4-5,7-8,10-11,20H,2-3,6,9,12H2,1H3,(H,21,25). The number of nitrogens with zero attached hydrogens (tertiary/aromatic N) is 3. The van der Waals surface area contributed by atoms with Crippen molar-refractivity contribution in [2.45, 2.75) is 37.2 Å². The first-order valence-electron chi connectivity index (χ1n) is 9.30. The zero-order valence-electron chi connectivity index (χ0n) is 15.9. The van der Waals surface area contributed by atoms with Crippen molar-refractivity contribution >= 4 is 27.3 Å². The number of carbonyl (C=O) groups is 1. The maximum absolute atomic E-state index is 13.0. The molecule has 1 aromatic carbocycles. The summed E-state index contributed by atoms with van der Waals surface area (Å²) in [6, 6.07) is 8.38. The number of aromatic nitrogens is 3. The second-order valence-electron chi connectivity index (χ2n) is 6.72. The van der Waals surface area contributed by atoms with Gasteiger partial charge in [0.05, 0.1) is 11.4 Å². The quantitative estimate of drug-likeness (QED) is 0.622. The second kappa shape index (κ2) is 8.05. The zero-order valence-corrected chi connectivity index (χ0v) is 17.5. The second-order valence-corrected chi connectivity index (χ2v) is 9.55. The topological polar surface area (TPSA) is 106 Å². The lowest BCUT2D eigenvalue weighted by atomic mass is 10.1.